The third-order valence-electron chi connectivity index (χ3n) is 5.16. The quantitative estimate of drug-likeness (QED) is 0.350. The minimum Gasteiger partial charge on any atom is -0.496 e. The van der Waals surface area contributed by atoms with Crippen LogP contribution in [-0.2, 0) is 6.42 Å². The second kappa shape index (κ2) is 10.9. The Kier molecular flexibility index (Phi) is 7.24. The molecule has 3 aromatic heterocycles. The zero-order chi connectivity index (χ0) is 23.8. The molecule has 4 rings (SSSR count). The van der Waals surface area contributed by atoms with Crippen molar-refractivity contribution in [1.29, 1.82) is 0 Å². The van der Waals surface area contributed by atoms with E-state index in [2.05, 4.69) is 35.9 Å². The van der Waals surface area contributed by atoms with Crippen molar-refractivity contribution in [3.8, 4) is 17.0 Å². The van der Waals surface area contributed by atoms with Crippen LogP contribution in [0.5, 0.6) is 5.75 Å². The Morgan fingerprint density at radius 3 is 2.56 bits per heavy atom. The molecule has 1 aromatic carbocycles. The molecule has 3 N–H and O–H groups in total. The number of pyridine rings is 2. The van der Waals surface area contributed by atoms with Crippen LogP contribution in [0.2, 0.25) is 0 Å². The van der Waals surface area contributed by atoms with Gasteiger partial charge in [-0.1, -0.05) is 6.07 Å². The van der Waals surface area contributed by atoms with Gasteiger partial charge in [0, 0.05) is 55.1 Å². The lowest BCUT2D eigenvalue weighted by Gasteiger charge is -2.12. The first-order valence-corrected chi connectivity index (χ1v) is 10.7. The number of hydrogen-bond donors (Lipinski definition) is 3. The highest BCUT2D eigenvalue weighted by Gasteiger charge is 2.09. The van der Waals surface area contributed by atoms with Gasteiger partial charge in [0.05, 0.1) is 12.8 Å². The smallest absolute Gasteiger partial charge is 0.251 e. The second-order valence-electron chi connectivity index (χ2n) is 7.36. The normalized spacial score (nSPS) is 10.4. The number of ether oxygens (including phenoxy) is 1. The predicted octanol–water partition coefficient (Wildman–Crippen LogP) is 3.70. The lowest BCUT2D eigenvalue weighted by molar-refractivity contribution is 0.0962. The molecule has 0 radical (unpaired) electrons. The molecular formula is C25H25N7O2. The molecule has 0 saturated carbocycles. The van der Waals surface area contributed by atoms with Crippen LogP contribution in [-0.4, -0.2) is 46.5 Å². The van der Waals surface area contributed by atoms with Crippen molar-refractivity contribution >= 4 is 23.2 Å². The van der Waals surface area contributed by atoms with Gasteiger partial charge in [-0.2, -0.15) is 0 Å². The molecule has 0 bridgehead atoms. The number of carbonyl (C=O) groups is 1. The maximum atomic E-state index is 11.8. The molecule has 0 aliphatic heterocycles. The average Bonchev–Trinajstić information content (AvgIpc) is 2.89. The fraction of sp³-hybridized carbons (Fsp3) is 0.160. The largest absolute Gasteiger partial charge is 0.496 e. The van der Waals surface area contributed by atoms with Crippen molar-refractivity contribution in [1.82, 2.24) is 25.3 Å². The van der Waals surface area contributed by atoms with E-state index < -0.39 is 0 Å². The molecule has 0 saturated heterocycles. The summed E-state index contributed by atoms with van der Waals surface area (Å²) in [4.78, 5) is 29.0. The monoisotopic (exact) mass is 455 g/mol. The van der Waals surface area contributed by atoms with Crippen LogP contribution in [0.3, 0.4) is 0 Å². The van der Waals surface area contributed by atoms with Crippen LogP contribution < -0.4 is 20.7 Å². The topological polar surface area (TPSA) is 114 Å². The fourth-order valence-corrected chi connectivity index (χ4v) is 3.38. The highest BCUT2D eigenvalue weighted by atomic mass is 16.5. The molecule has 3 heterocycles. The number of amides is 1. The van der Waals surface area contributed by atoms with Crippen molar-refractivity contribution in [2.75, 3.05) is 31.3 Å². The summed E-state index contributed by atoms with van der Waals surface area (Å²) >= 11 is 0. The van der Waals surface area contributed by atoms with Crippen molar-refractivity contribution in [3.05, 3.63) is 84.6 Å². The van der Waals surface area contributed by atoms with Crippen LogP contribution in [0.15, 0.2) is 73.4 Å². The van der Waals surface area contributed by atoms with Gasteiger partial charge in [0.15, 0.2) is 0 Å². The molecule has 0 atom stereocenters. The number of methoxy groups -OCH3 is 1. The molecule has 0 spiro atoms. The van der Waals surface area contributed by atoms with E-state index in [1.165, 1.54) is 6.33 Å². The van der Waals surface area contributed by atoms with Gasteiger partial charge in [-0.3, -0.25) is 9.78 Å². The molecule has 9 nitrogen and oxygen atoms in total. The molecule has 0 fully saturated rings. The molecule has 9 heteroatoms. The molecule has 0 unspecified atom stereocenters. The van der Waals surface area contributed by atoms with E-state index in [9.17, 15) is 4.79 Å². The van der Waals surface area contributed by atoms with Gasteiger partial charge in [0.25, 0.3) is 5.91 Å². The first-order chi connectivity index (χ1) is 16.7. The summed E-state index contributed by atoms with van der Waals surface area (Å²) in [6.07, 6.45) is 7.45. The maximum absolute atomic E-state index is 11.8. The minimum absolute atomic E-state index is 0.146. The number of carbonyl (C=O) groups excluding carboxylic acids is 1. The molecule has 172 valence electrons. The van der Waals surface area contributed by atoms with Crippen LogP contribution in [0.25, 0.3) is 11.3 Å². The highest BCUT2D eigenvalue weighted by molar-refractivity contribution is 5.94. The second-order valence-corrected chi connectivity index (χ2v) is 7.36. The third kappa shape index (κ3) is 5.63. The Morgan fingerprint density at radius 1 is 0.971 bits per heavy atom. The van der Waals surface area contributed by atoms with Crippen LogP contribution in [0.1, 0.15) is 15.9 Å². The number of nitrogens with zero attached hydrogens (tertiary/aromatic N) is 4. The SMILES string of the molecule is CNC(=O)c1ccc(CCNc2cc(-c3ccc(Nc4ccncc4)nc3)ncn2)c(OC)c1. The van der Waals surface area contributed by atoms with Crippen molar-refractivity contribution in [2.45, 2.75) is 6.42 Å². The van der Waals surface area contributed by atoms with E-state index in [1.807, 2.05) is 36.4 Å². The van der Waals surface area contributed by atoms with Gasteiger partial charge in [-0.15, -0.1) is 0 Å². The summed E-state index contributed by atoms with van der Waals surface area (Å²) < 4.78 is 5.46. The third-order valence-corrected chi connectivity index (χ3v) is 5.16. The van der Waals surface area contributed by atoms with Crippen molar-refractivity contribution < 1.29 is 9.53 Å². The molecule has 4 aromatic rings. The van der Waals surface area contributed by atoms with Crippen molar-refractivity contribution in [3.63, 3.8) is 0 Å². The van der Waals surface area contributed by atoms with E-state index in [1.54, 1.807) is 44.9 Å². The van der Waals surface area contributed by atoms with Gasteiger partial charge in [0.1, 0.15) is 23.7 Å². The molecule has 0 aliphatic rings. The number of nitrogens with one attached hydrogen (secondary N) is 3. The van der Waals surface area contributed by atoms with Crippen LogP contribution >= 0.6 is 0 Å². The van der Waals surface area contributed by atoms with Gasteiger partial charge >= 0.3 is 0 Å². The number of rotatable bonds is 9. The Labute approximate surface area is 197 Å². The first-order valence-electron chi connectivity index (χ1n) is 10.7. The Bertz CT molecular complexity index is 1250. The summed E-state index contributed by atoms with van der Waals surface area (Å²) in [5, 5.41) is 9.17. The van der Waals surface area contributed by atoms with E-state index >= 15 is 0 Å². The lowest BCUT2D eigenvalue weighted by Crippen LogP contribution is -2.18. The molecule has 1 amide bonds. The number of hydrogen-bond acceptors (Lipinski definition) is 8. The summed E-state index contributed by atoms with van der Waals surface area (Å²) in [5.41, 5.74) is 4.14. The average molecular weight is 456 g/mol. The fourth-order valence-electron chi connectivity index (χ4n) is 3.38. The zero-order valence-corrected chi connectivity index (χ0v) is 18.9. The first kappa shape index (κ1) is 22.7. The summed E-state index contributed by atoms with van der Waals surface area (Å²) in [7, 11) is 3.20. The predicted molar refractivity (Wildman–Crippen MR) is 131 cm³/mol. The van der Waals surface area contributed by atoms with Gasteiger partial charge in [-0.25, -0.2) is 15.0 Å². The summed E-state index contributed by atoms with van der Waals surface area (Å²) in [6.45, 7) is 0.638. The van der Waals surface area contributed by atoms with E-state index in [0.717, 1.165) is 28.3 Å². The van der Waals surface area contributed by atoms with Gasteiger partial charge in [0.2, 0.25) is 0 Å². The molecule has 0 aliphatic carbocycles. The van der Waals surface area contributed by atoms with E-state index in [0.29, 0.717) is 30.1 Å². The maximum Gasteiger partial charge on any atom is 0.251 e. The summed E-state index contributed by atoms with van der Waals surface area (Å²) in [6, 6.07) is 15.0. The standard InChI is InChI=1S/C25H25N7O2/c1-26-25(33)18-4-3-17(22(13-18)34-2)7-12-28-24-14-21(30-16-31-24)19-5-6-23(29-15-19)32-20-8-10-27-11-9-20/h3-6,8-11,13-16H,7,12H2,1-2H3,(H,26,33)(H,27,29,32)(H,28,30,31). The Morgan fingerprint density at radius 2 is 1.82 bits per heavy atom. The Balaban J connectivity index is 1.38. The lowest BCUT2D eigenvalue weighted by atomic mass is 10.1. The van der Waals surface area contributed by atoms with E-state index in [-0.39, 0.29) is 5.91 Å². The number of aromatic nitrogens is 4. The molecule has 34 heavy (non-hydrogen) atoms. The van der Waals surface area contributed by atoms with Gasteiger partial charge < -0.3 is 20.7 Å². The zero-order valence-electron chi connectivity index (χ0n) is 18.9. The van der Waals surface area contributed by atoms with Crippen LogP contribution in [0.4, 0.5) is 17.3 Å². The minimum atomic E-state index is -0.146. The Hall–Kier alpha value is -4.53. The van der Waals surface area contributed by atoms with E-state index in [4.69, 9.17) is 4.74 Å². The highest BCUT2D eigenvalue weighted by Crippen LogP contribution is 2.23. The van der Waals surface area contributed by atoms with Crippen molar-refractivity contribution in [2.24, 2.45) is 0 Å². The number of anilines is 3. The van der Waals surface area contributed by atoms with Crippen LogP contribution in [0, 0.1) is 0 Å². The summed E-state index contributed by atoms with van der Waals surface area (Å²) in [5.74, 6) is 1.98. The molecular weight excluding hydrogens is 430 g/mol. The number of benzene rings is 1. The van der Waals surface area contributed by atoms with Gasteiger partial charge in [-0.05, 0) is 48.4 Å².